The van der Waals surface area contributed by atoms with Gasteiger partial charge in [0.2, 0.25) is 10.0 Å². The van der Waals surface area contributed by atoms with Gasteiger partial charge in [-0.2, -0.15) is 4.31 Å². The van der Waals surface area contributed by atoms with Crippen LogP contribution in [-0.2, 0) is 10.0 Å². The summed E-state index contributed by atoms with van der Waals surface area (Å²) in [6.45, 7) is 2.78. The number of benzene rings is 2. The van der Waals surface area contributed by atoms with Crippen LogP contribution in [0.15, 0.2) is 41.3 Å². The molecular weight excluding hydrogens is 452 g/mol. The van der Waals surface area contributed by atoms with E-state index in [1.807, 2.05) is 0 Å². The number of amides is 1. The number of nitrogens with zero attached hydrogens (tertiary/aromatic N) is 1. The minimum Gasteiger partial charge on any atom is -0.497 e. The van der Waals surface area contributed by atoms with E-state index < -0.39 is 22.0 Å². The van der Waals surface area contributed by atoms with Crippen molar-refractivity contribution in [3.05, 3.63) is 52.5 Å². The van der Waals surface area contributed by atoms with Crippen LogP contribution < -0.4 is 14.8 Å². The van der Waals surface area contributed by atoms with Crippen LogP contribution in [0.5, 0.6) is 11.5 Å². The average molecular weight is 481 g/mol. The van der Waals surface area contributed by atoms with Gasteiger partial charge in [-0.05, 0) is 56.2 Å². The first-order chi connectivity index (χ1) is 15.3. The molecule has 0 aromatic heterocycles. The van der Waals surface area contributed by atoms with Gasteiger partial charge in [0.1, 0.15) is 11.5 Å². The summed E-state index contributed by atoms with van der Waals surface area (Å²) in [5, 5.41) is 3.06. The number of ether oxygens (including phenoxy) is 2. The first-order valence-electron chi connectivity index (χ1n) is 10.6. The van der Waals surface area contributed by atoms with Gasteiger partial charge in [-0.3, -0.25) is 4.79 Å². The number of nitrogens with one attached hydrogen (secondary N) is 1. The van der Waals surface area contributed by atoms with E-state index in [1.165, 1.54) is 22.5 Å². The van der Waals surface area contributed by atoms with E-state index in [-0.39, 0.29) is 15.5 Å². The topological polar surface area (TPSA) is 84.9 Å². The molecule has 1 atom stereocenters. The third kappa shape index (κ3) is 5.36. The highest BCUT2D eigenvalue weighted by Crippen LogP contribution is 2.30. The van der Waals surface area contributed by atoms with Crippen LogP contribution in [-0.4, -0.2) is 45.9 Å². The SMILES string of the molecule is COc1ccc(OC)c([C@@H](C)NC(=O)c2cc(S(=O)(=O)N3CCCCCC3)ccc2Cl)c1. The van der Waals surface area contributed by atoms with Gasteiger partial charge >= 0.3 is 0 Å². The molecule has 2 aromatic rings. The van der Waals surface area contributed by atoms with Gasteiger partial charge in [-0.15, -0.1) is 0 Å². The first kappa shape index (κ1) is 24.4. The van der Waals surface area contributed by atoms with Gasteiger partial charge in [0.05, 0.1) is 35.7 Å². The van der Waals surface area contributed by atoms with E-state index in [1.54, 1.807) is 39.3 Å². The lowest BCUT2D eigenvalue weighted by atomic mass is 10.1. The fourth-order valence-electron chi connectivity index (χ4n) is 3.80. The van der Waals surface area contributed by atoms with Crippen molar-refractivity contribution in [2.45, 2.75) is 43.5 Å². The molecule has 1 heterocycles. The van der Waals surface area contributed by atoms with E-state index in [0.29, 0.717) is 24.6 Å². The number of halogens is 1. The Morgan fingerprint density at radius 1 is 1.03 bits per heavy atom. The Kier molecular flexibility index (Phi) is 8.03. The van der Waals surface area contributed by atoms with Crippen LogP contribution in [0.1, 0.15) is 54.6 Å². The predicted molar refractivity (Wildman–Crippen MR) is 124 cm³/mol. The highest BCUT2D eigenvalue weighted by Gasteiger charge is 2.27. The molecule has 174 valence electrons. The maximum Gasteiger partial charge on any atom is 0.253 e. The molecule has 1 aliphatic heterocycles. The standard InChI is InChI=1S/C23H29ClN2O5S/c1-16(19-14-17(30-2)8-11-22(19)31-3)25-23(27)20-15-18(9-10-21(20)24)32(28,29)26-12-6-4-5-7-13-26/h8-11,14-16H,4-7,12-13H2,1-3H3,(H,25,27)/t16-/m1/s1. The van der Waals surface area contributed by atoms with Gasteiger partial charge in [-0.1, -0.05) is 24.4 Å². The molecule has 0 radical (unpaired) electrons. The molecule has 1 saturated heterocycles. The minimum atomic E-state index is -3.70. The molecule has 2 aromatic carbocycles. The highest BCUT2D eigenvalue weighted by atomic mass is 35.5. The summed E-state index contributed by atoms with van der Waals surface area (Å²) < 4.78 is 38.5. The number of methoxy groups -OCH3 is 2. The van der Waals surface area contributed by atoms with Crippen molar-refractivity contribution in [2.24, 2.45) is 0 Å². The Hall–Kier alpha value is -2.29. The van der Waals surface area contributed by atoms with Gasteiger partial charge < -0.3 is 14.8 Å². The molecule has 7 nitrogen and oxygen atoms in total. The molecule has 1 amide bonds. The van der Waals surface area contributed by atoms with Gasteiger partial charge in [0.25, 0.3) is 5.91 Å². The number of hydrogen-bond acceptors (Lipinski definition) is 5. The molecule has 32 heavy (non-hydrogen) atoms. The fourth-order valence-corrected chi connectivity index (χ4v) is 5.55. The lowest BCUT2D eigenvalue weighted by molar-refractivity contribution is 0.0939. The second-order valence-corrected chi connectivity index (χ2v) is 10.1. The van der Waals surface area contributed by atoms with E-state index >= 15 is 0 Å². The number of rotatable bonds is 7. The van der Waals surface area contributed by atoms with Crippen molar-refractivity contribution < 1.29 is 22.7 Å². The second kappa shape index (κ2) is 10.6. The number of carbonyl (C=O) groups is 1. The molecule has 1 N–H and O–H groups in total. The summed E-state index contributed by atoms with van der Waals surface area (Å²) >= 11 is 6.27. The van der Waals surface area contributed by atoms with Crippen molar-refractivity contribution in [3.8, 4) is 11.5 Å². The van der Waals surface area contributed by atoms with Gasteiger partial charge in [0.15, 0.2) is 0 Å². The molecule has 3 rings (SSSR count). The lowest BCUT2D eigenvalue weighted by Gasteiger charge is -2.21. The molecule has 0 spiro atoms. The summed E-state index contributed by atoms with van der Waals surface area (Å²) in [5.41, 5.74) is 0.834. The van der Waals surface area contributed by atoms with Crippen LogP contribution >= 0.6 is 11.6 Å². The zero-order valence-corrected chi connectivity index (χ0v) is 20.1. The highest BCUT2D eigenvalue weighted by molar-refractivity contribution is 7.89. The van der Waals surface area contributed by atoms with Crippen LogP contribution in [0.2, 0.25) is 5.02 Å². The first-order valence-corrected chi connectivity index (χ1v) is 12.4. The van der Waals surface area contributed by atoms with E-state index in [2.05, 4.69) is 5.32 Å². The maximum absolute atomic E-state index is 13.1. The monoisotopic (exact) mass is 480 g/mol. The largest absolute Gasteiger partial charge is 0.497 e. The van der Waals surface area contributed by atoms with Gasteiger partial charge in [-0.25, -0.2) is 8.42 Å². The molecule has 0 bridgehead atoms. The number of hydrogen-bond donors (Lipinski definition) is 1. The Balaban J connectivity index is 1.86. The van der Waals surface area contributed by atoms with E-state index in [4.69, 9.17) is 21.1 Å². The average Bonchev–Trinajstić information content (AvgIpc) is 3.09. The summed E-state index contributed by atoms with van der Waals surface area (Å²) in [6, 6.07) is 9.14. The molecule has 1 aliphatic rings. The quantitative estimate of drug-likeness (QED) is 0.634. The zero-order valence-electron chi connectivity index (χ0n) is 18.6. The maximum atomic E-state index is 13.1. The number of sulfonamides is 1. The molecule has 1 fully saturated rings. The molecule has 0 aliphatic carbocycles. The van der Waals surface area contributed by atoms with Crippen molar-refractivity contribution in [1.82, 2.24) is 9.62 Å². The molecule has 0 unspecified atom stereocenters. The molecule has 9 heteroatoms. The zero-order chi connectivity index (χ0) is 23.3. The summed E-state index contributed by atoms with van der Waals surface area (Å²) in [4.78, 5) is 13.1. The summed E-state index contributed by atoms with van der Waals surface area (Å²) in [5.74, 6) is 0.757. The summed E-state index contributed by atoms with van der Waals surface area (Å²) in [7, 11) is -0.590. The second-order valence-electron chi connectivity index (χ2n) is 7.76. The Labute approximate surface area is 194 Å². The van der Waals surface area contributed by atoms with E-state index in [9.17, 15) is 13.2 Å². The van der Waals surface area contributed by atoms with Crippen LogP contribution in [0.4, 0.5) is 0 Å². The predicted octanol–water partition coefficient (Wildman–Crippen LogP) is 4.41. The van der Waals surface area contributed by atoms with Crippen LogP contribution in [0, 0.1) is 0 Å². The van der Waals surface area contributed by atoms with Crippen molar-refractivity contribution >= 4 is 27.5 Å². The van der Waals surface area contributed by atoms with Crippen LogP contribution in [0.3, 0.4) is 0 Å². The van der Waals surface area contributed by atoms with Crippen molar-refractivity contribution in [1.29, 1.82) is 0 Å². The normalized spacial score (nSPS) is 16.1. The third-order valence-electron chi connectivity index (χ3n) is 5.64. The smallest absolute Gasteiger partial charge is 0.253 e. The Bertz CT molecular complexity index is 1070. The van der Waals surface area contributed by atoms with E-state index in [0.717, 1.165) is 31.2 Å². The minimum absolute atomic E-state index is 0.0700. The van der Waals surface area contributed by atoms with Crippen molar-refractivity contribution in [2.75, 3.05) is 27.3 Å². The fraction of sp³-hybridized carbons (Fsp3) is 0.435. The Morgan fingerprint density at radius 2 is 1.72 bits per heavy atom. The molecule has 0 saturated carbocycles. The third-order valence-corrected chi connectivity index (χ3v) is 7.86. The number of carbonyl (C=O) groups excluding carboxylic acids is 1. The Morgan fingerprint density at radius 3 is 2.34 bits per heavy atom. The molecular formula is C23H29ClN2O5S. The summed E-state index contributed by atoms with van der Waals surface area (Å²) in [6.07, 6.45) is 3.71. The lowest BCUT2D eigenvalue weighted by Crippen LogP contribution is -2.32. The van der Waals surface area contributed by atoms with Crippen LogP contribution in [0.25, 0.3) is 0 Å². The van der Waals surface area contributed by atoms with Gasteiger partial charge in [0, 0.05) is 18.7 Å². The van der Waals surface area contributed by atoms with Crippen molar-refractivity contribution in [3.63, 3.8) is 0 Å².